The van der Waals surface area contributed by atoms with Crippen molar-refractivity contribution < 1.29 is 4.52 Å². The first-order chi connectivity index (χ1) is 12.3. The van der Waals surface area contributed by atoms with Gasteiger partial charge in [-0.05, 0) is 43.6 Å². The van der Waals surface area contributed by atoms with Crippen LogP contribution in [0, 0.1) is 0 Å². The summed E-state index contributed by atoms with van der Waals surface area (Å²) in [4.78, 5) is 11.1. The van der Waals surface area contributed by atoms with E-state index >= 15 is 0 Å². The fourth-order valence-electron chi connectivity index (χ4n) is 3.22. The number of hydrogen-bond acceptors (Lipinski definition) is 6. The number of nitrogens with zero attached hydrogens (tertiary/aromatic N) is 4. The maximum Gasteiger partial charge on any atom is 0.261 e. The number of benzene rings is 1. The summed E-state index contributed by atoms with van der Waals surface area (Å²) in [5.74, 6) is 0.959. The monoisotopic (exact) mass is 335 g/mol. The number of pyridine rings is 1. The third-order valence-electron chi connectivity index (χ3n) is 4.55. The predicted molar refractivity (Wildman–Crippen MR) is 96.5 cm³/mol. The summed E-state index contributed by atoms with van der Waals surface area (Å²) < 4.78 is 5.38. The Morgan fingerprint density at radius 3 is 2.84 bits per heavy atom. The molecule has 0 bridgehead atoms. The van der Waals surface area contributed by atoms with Crippen molar-refractivity contribution in [3.63, 3.8) is 0 Å². The van der Waals surface area contributed by atoms with Crippen LogP contribution in [0.15, 0.2) is 47.2 Å². The summed E-state index contributed by atoms with van der Waals surface area (Å²) in [6.45, 7) is 3.32. The minimum atomic E-state index is 0.391. The number of aromatic nitrogens is 3. The molecule has 2 N–H and O–H groups in total. The van der Waals surface area contributed by atoms with Crippen molar-refractivity contribution in [1.29, 1.82) is 0 Å². The van der Waals surface area contributed by atoms with Crippen LogP contribution in [0.1, 0.15) is 24.8 Å². The molecule has 0 radical (unpaired) electrons. The first-order valence-electron chi connectivity index (χ1n) is 8.65. The molecule has 1 aliphatic heterocycles. The molecule has 4 rings (SSSR count). The molecule has 1 fully saturated rings. The van der Waals surface area contributed by atoms with E-state index in [0.717, 1.165) is 12.1 Å². The van der Waals surface area contributed by atoms with Gasteiger partial charge in [0.1, 0.15) is 0 Å². The van der Waals surface area contributed by atoms with Gasteiger partial charge in [-0.2, -0.15) is 4.98 Å². The highest BCUT2D eigenvalue weighted by Gasteiger charge is 2.15. The number of rotatable bonds is 4. The lowest BCUT2D eigenvalue weighted by Gasteiger charge is -2.26. The van der Waals surface area contributed by atoms with E-state index in [-0.39, 0.29) is 0 Å². The molecule has 0 unspecified atom stereocenters. The van der Waals surface area contributed by atoms with Crippen molar-refractivity contribution in [3.8, 4) is 22.8 Å². The molecule has 0 amide bonds. The minimum Gasteiger partial charge on any atom is -0.398 e. The SMILES string of the molecule is Nc1ccncc1-c1nc(-c2cccc(CN3CCCCC3)c2)no1. The van der Waals surface area contributed by atoms with Gasteiger partial charge in [0, 0.05) is 30.2 Å². The first kappa shape index (κ1) is 15.8. The Morgan fingerprint density at radius 1 is 1.12 bits per heavy atom. The zero-order valence-corrected chi connectivity index (χ0v) is 14.1. The molecule has 25 heavy (non-hydrogen) atoms. The van der Waals surface area contributed by atoms with E-state index in [9.17, 15) is 0 Å². The standard InChI is InChI=1S/C19H21N5O/c20-17-7-8-21-12-16(17)19-22-18(23-25-19)15-6-4-5-14(11-15)13-24-9-2-1-3-10-24/h4-8,11-12H,1-3,9-10,13H2,(H2,20,21). The Morgan fingerprint density at radius 2 is 2.00 bits per heavy atom. The van der Waals surface area contributed by atoms with Crippen molar-refractivity contribution in [2.45, 2.75) is 25.8 Å². The smallest absolute Gasteiger partial charge is 0.261 e. The van der Waals surface area contributed by atoms with E-state index in [4.69, 9.17) is 10.3 Å². The van der Waals surface area contributed by atoms with Crippen LogP contribution in [0.5, 0.6) is 0 Å². The minimum absolute atomic E-state index is 0.391. The van der Waals surface area contributed by atoms with Gasteiger partial charge in [-0.25, -0.2) is 0 Å². The average molecular weight is 335 g/mol. The highest BCUT2D eigenvalue weighted by molar-refractivity contribution is 5.70. The Bertz CT molecular complexity index is 854. The third-order valence-corrected chi connectivity index (χ3v) is 4.55. The lowest BCUT2D eigenvalue weighted by Crippen LogP contribution is -2.29. The second kappa shape index (κ2) is 7.03. The summed E-state index contributed by atoms with van der Waals surface area (Å²) >= 11 is 0. The first-order valence-corrected chi connectivity index (χ1v) is 8.65. The number of hydrogen-bond donors (Lipinski definition) is 1. The maximum absolute atomic E-state index is 5.96. The molecule has 2 aromatic heterocycles. The molecule has 6 nitrogen and oxygen atoms in total. The van der Waals surface area contributed by atoms with E-state index in [1.165, 1.54) is 37.9 Å². The summed E-state index contributed by atoms with van der Waals surface area (Å²) in [7, 11) is 0. The summed E-state index contributed by atoms with van der Waals surface area (Å²) in [5, 5.41) is 4.11. The van der Waals surface area contributed by atoms with E-state index in [2.05, 4.69) is 32.2 Å². The van der Waals surface area contributed by atoms with Gasteiger partial charge in [-0.15, -0.1) is 0 Å². The lowest BCUT2D eigenvalue weighted by molar-refractivity contribution is 0.221. The Balaban J connectivity index is 1.56. The van der Waals surface area contributed by atoms with Crippen molar-refractivity contribution in [1.82, 2.24) is 20.0 Å². The zero-order valence-electron chi connectivity index (χ0n) is 14.1. The second-order valence-corrected chi connectivity index (χ2v) is 6.42. The highest BCUT2D eigenvalue weighted by atomic mass is 16.5. The number of likely N-dealkylation sites (tertiary alicyclic amines) is 1. The van der Waals surface area contributed by atoms with Crippen LogP contribution in [0.4, 0.5) is 5.69 Å². The van der Waals surface area contributed by atoms with Gasteiger partial charge in [0.25, 0.3) is 5.89 Å². The number of nitrogens with two attached hydrogens (primary N) is 1. The van der Waals surface area contributed by atoms with E-state index in [1.807, 2.05) is 12.1 Å². The normalized spacial score (nSPS) is 15.4. The molecular formula is C19H21N5O. The van der Waals surface area contributed by atoms with Crippen molar-refractivity contribution in [2.75, 3.05) is 18.8 Å². The predicted octanol–water partition coefficient (Wildman–Crippen LogP) is 3.37. The average Bonchev–Trinajstić information content (AvgIpc) is 3.13. The van der Waals surface area contributed by atoms with Crippen LogP contribution in [0.2, 0.25) is 0 Å². The third kappa shape index (κ3) is 3.53. The van der Waals surface area contributed by atoms with E-state index < -0.39 is 0 Å². The molecule has 0 saturated carbocycles. The van der Waals surface area contributed by atoms with Crippen molar-refractivity contribution >= 4 is 5.69 Å². The molecular weight excluding hydrogens is 314 g/mol. The summed E-state index contributed by atoms with van der Waals surface area (Å²) in [6.07, 6.45) is 7.21. The Kier molecular flexibility index (Phi) is 4.43. The fraction of sp³-hybridized carbons (Fsp3) is 0.316. The molecule has 3 aromatic rings. The second-order valence-electron chi connectivity index (χ2n) is 6.42. The van der Waals surface area contributed by atoms with Gasteiger partial charge >= 0.3 is 0 Å². The largest absolute Gasteiger partial charge is 0.398 e. The zero-order chi connectivity index (χ0) is 17.1. The van der Waals surface area contributed by atoms with Gasteiger partial charge in [-0.1, -0.05) is 29.8 Å². The van der Waals surface area contributed by atoms with Crippen LogP contribution in [-0.4, -0.2) is 33.1 Å². The van der Waals surface area contributed by atoms with E-state index in [0.29, 0.717) is 23.0 Å². The molecule has 1 saturated heterocycles. The summed E-state index contributed by atoms with van der Waals surface area (Å²) in [6, 6.07) is 10.1. The van der Waals surface area contributed by atoms with Gasteiger partial charge in [0.2, 0.25) is 5.82 Å². The molecule has 6 heteroatoms. The molecule has 0 spiro atoms. The maximum atomic E-state index is 5.96. The van der Waals surface area contributed by atoms with Gasteiger partial charge in [0.05, 0.1) is 5.56 Å². The van der Waals surface area contributed by atoms with Crippen molar-refractivity contribution in [3.05, 3.63) is 48.3 Å². The topological polar surface area (TPSA) is 81.1 Å². The Hall–Kier alpha value is -2.73. The molecule has 0 aliphatic carbocycles. The number of piperidine rings is 1. The molecule has 1 aliphatic rings. The van der Waals surface area contributed by atoms with Crippen LogP contribution in [0.3, 0.4) is 0 Å². The van der Waals surface area contributed by atoms with Gasteiger partial charge in [-0.3, -0.25) is 9.88 Å². The summed E-state index contributed by atoms with van der Waals surface area (Å²) in [5.41, 5.74) is 9.41. The number of nitrogen functional groups attached to an aromatic ring is 1. The van der Waals surface area contributed by atoms with Crippen molar-refractivity contribution in [2.24, 2.45) is 0 Å². The van der Waals surface area contributed by atoms with Crippen LogP contribution >= 0.6 is 0 Å². The fourth-order valence-corrected chi connectivity index (χ4v) is 3.22. The molecule has 128 valence electrons. The van der Waals surface area contributed by atoms with Gasteiger partial charge < -0.3 is 10.3 Å². The number of anilines is 1. The molecule has 0 atom stereocenters. The van der Waals surface area contributed by atoms with Crippen LogP contribution < -0.4 is 5.73 Å². The quantitative estimate of drug-likeness (QED) is 0.787. The Labute approximate surface area is 146 Å². The van der Waals surface area contributed by atoms with Gasteiger partial charge in [0.15, 0.2) is 0 Å². The highest BCUT2D eigenvalue weighted by Crippen LogP contribution is 2.26. The van der Waals surface area contributed by atoms with E-state index in [1.54, 1.807) is 18.5 Å². The van der Waals surface area contributed by atoms with Crippen LogP contribution in [-0.2, 0) is 6.54 Å². The lowest BCUT2D eigenvalue weighted by atomic mass is 10.1. The molecule has 3 heterocycles. The van der Waals surface area contributed by atoms with Crippen LogP contribution in [0.25, 0.3) is 22.8 Å². The molecule has 1 aromatic carbocycles.